The van der Waals surface area contributed by atoms with Gasteiger partial charge in [0, 0.05) is 23.3 Å². The van der Waals surface area contributed by atoms with Crippen molar-refractivity contribution in [1.29, 1.82) is 0 Å². The Morgan fingerprint density at radius 2 is 1.88 bits per heavy atom. The smallest absolute Gasteiger partial charge is 0.117 e. The summed E-state index contributed by atoms with van der Waals surface area (Å²) in [6, 6.07) is 10.0. The first-order valence-corrected chi connectivity index (χ1v) is 5.95. The molecule has 0 bridgehead atoms. The van der Waals surface area contributed by atoms with E-state index in [0.29, 0.717) is 0 Å². The van der Waals surface area contributed by atoms with Crippen LogP contribution < -0.4 is 0 Å². The average molecular weight is 286 g/mol. The fraction of sp³-hybridized carbons (Fsp3) is 0. The van der Waals surface area contributed by atoms with E-state index in [2.05, 4.69) is 36.9 Å². The van der Waals surface area contributed by atoms with Gasteiger partial charge in [-0.15, -0.1) is 0 Å². The van der Waals surface area contributed by atoms with Crippen LogP contribution in [0.1, 0.15) is 0 Å². The second-order valence-corrected chi connectivity index (χ2v) is 4.35. The third-order valence-corrected chi connectivity index (χ3v) is 3.23. The number of nitrogens with zero attached hydrogens (tertiary/aromatic N) is 3. The van der Waals surface area contributed by atoms with Gasteiger partial charge in [0.05, 0.1) is 5.52 Å². The van der Waals surface area contributed by atoms with E-state index >= 15 is 0 Å². The van der Waals surface area contributed by atoms with Crippen molar-refractivity contribution in [3.63, 3.8) is 0 Å². The first kappa shape index (κ1) is 10.4. The minimum atomic E-state index is 0.795. The molecule has 0 fully saturated rings. The highest BCUT2D eigenvalue weighted by Gasteiger charge is 2.07. The van der Waals surface area contributed by atoms with Crippen molar-refractivity contribution in [3.8, 4) is 11.1 Å². The number of pyridine rings is 1. The SMILES string of the molecule is Brc1ncncc1-c1cccc2ncccc12. The van der Waals surface area contributed by atoms with Crippen LogP contribution in [0, 0.1) is 0 Å². The average Bonchev–Trinajstić information content (AvgIpc) is 2.39. The molecule has 0 aliphatic carbocycles. The van der Waals surface area contributed by atoms with E-state index in [-0.39, 0.29) is 0 Å². The molecule has 3 rings (SSSR count). The normalized spacial score (nSPS) is 10.6. The summed E-state index contributed by atoms with van der Waals surface area (Å²) < 4.78 is 0.795. The Balaban J connectivity index is 2.35. The van der Waals surface area contributed by atoms with Crippen LogP contribution in [0.4, 0.5) is 0 Å². The van der Waals surface area contributed by atoms with Crippen LogP contribution in [0.25, 0.3) is 22.0 Å². The maximum atomic E-state index is 4.34. The predicted octanol–water partition coefficient (Wildman–Crippen LogP) is 3.45. The molecule has 0 aliphatic rings. The second kappa shape index (κ2) is 4.22. The van der Waals surface area contributed by atoms with E-state index in [1.165, 1.54) is 6.33 Å². The van der Waals surface area contributed by atoms with Crippen molar-refractivity contribution in [3.05, 3.63) is 53.7 Å². The summed E-state index contributed by atoms with van der Waals surface area (Å²) in [5.74, 6) is 0. The molecule has 0 spiro atoms. The topological polar surface area (TPSA) is 38.7 Å². The first-order chi connectivity index (χ1) is 8.36. The Hall–Kier alpha value is -1.81. The molecule has 17 heavy (non-hydrogen) atoms. The molecule has 82 valence electrons. The summed E-state index contributed by atoms with van der Waals surface area (Å²) in [5, 5.41) is 1.10. The Bertz CT molecular complexity index is 677. The minimum absolute atomic E-state index is 0.795. The van der Waals surface area contributed by atoms with Gasteiger partial charge in [-0.25, -0.2) is 9.97 Å². The lowest BCUT2D eigenvalue weighted by Gasteiger charge is -2.06. The largest absolute Gasteiger partial charge is 0.256 e. The molecule has 4 heteroatoms. The van der Waals surface area contributed by atoms with E-state index < -0.39 is 0 Å². The highest BCUT2D eigenvalue weighted by molar-refractivity contribution is 9.10. The van der Waals surface area contributed by atoms with Crippen molar-refractivity contribution in [2.45, 2.75) is 0 Å². The van der Waals surface area contributed by atoms with Gasteiger partial charge in [0.25, 0.3) is 0 Å². The number of halogens is 1. The van der Waals surface area contributed by atoms with Crippen LogP contribution >= 0.6 is 15.9 Å². The van der Waals surface area contributed by atoms with Gasteiger partial charge in [0.15, 0.2) is 0 Å². The molecule has 0 N–H and O–H groups in total. The van der Waals surface area contributed by atoms with Gasteiger partial charge in [-0.1, -0.05) is 18.2 Å². The molecule has 2 heterocycles. The van der Waals surface area contributed by atoms with Crippen molar-refractivity contribution >= 4 is 26.8 Å². The van der Waals surface area contributed by atoms with Crippen LogP contribution in [0.2, 0.25) is 0 Å². The molecule has 0 unspecified atom stereocenters. The number of fused-ring (bicyclic) bond motifs is 1. The number of hydrogen-bond donors (Lipinski definition) is 0. The molecule has 0 radical (unpaired) electrons. The van der Waals surface area contributed by atoms with E-state index in [1.807, 2.05) is 24.3 Å². The monoisotopic (exact) mass is 285 g/mol. The molecular formula is C13H8BrN3. The third kappa shape index (κ3) is 1.80. The van der Waals surface area contributed by atoms with Crippen LogP contribution in [0.3, 0.4) is 0 Å². The number of aromatic nitrogens is 3. The molecule has 3 aromatic rings. The molecule has 1 aromatic carbocycles. The predicted molar refractivity (Wildman–Crippen MR) is 70.5 cm³/mol. The minimum Gasteiger partial charge on any atom is -0.256 e. The Morgan fingerprint density at radius 3 is 2.76 bits per heavy atom. The maximum absolute atomic E-state index is 4.34. The quantitative estimate of drug-likeness (QED) is 0.643. The van der Waals surface area contributed by atoms with Gasteiger partial charge in [-0.05, 0) is 33.6 Å². The highest BCUT2D eigenvalue weighted by atomic mass is 79.9. The lowest BCUT2D eigenvalue weighted by atomic mass is 10.0. The summed E-state index contributed by atoms with van der Waals surface area (Å²) in [5.41, 5.74) is 3.04. The fourth-order valence-electron chi connectivity index (χ4n) is 1.83. The van der Waals surface area contributed by atoms with Crippen molar-refractivity contribution in [2.24, 2.45) is 0 Å². The zero-order valence-corrected chi connectivity index (χ0v) is 10.4. The van der Waals surface area contributed by atoms with E-state index in [1.54, 1.807) is 12.4 Å². The Kier molecular flexibility index (Phi) is 2.57. The van der Waals surface area contributed by atoms with Gasteiger partial charge >= 0.3 is 0 Å². The van der Waals surface area contributed by atoms with Crippen molar-refractivity contribution in [2.75, 3.05) is 0 Å². The molecule has 2 aromatic heterocycles. The van der Waals surface area contributed by atoms with E-state index in [9.17, 15) is 0 Å². The van der Waals surface area contributed by atoms with E-state index in [0.717, 1.165) is 26.6 Å². The lowest BCUT2D eigenvalue weighted by molar-refractivity contribution is 1.14. The first-order valence-electron chi connectivity index (χ1n) is 5.16. The molecule has 0 atom stereocenters. The fourth-order valence-corrected chi connectivity index (χ4v) is 2.24. The number of benzene rings is 1. The van der Waals surface area contributed by atoms with Crippen LogP contribution in [-0.2, 0) is 0 Å². The summed E-state index contributed by atoms with van der Waals surface area (Å²) in [6.45, 7) is 0. The van der Waals surface area contributed by atoms with Crippen molar-refractivity contribution < 1.29 is 0 Å². The van der Waals surface area contributed by atoms with Crippen LogP contribution in [0.15, 0.2) is 53.7 Å². The lowest BCUT2D eigenvalue weighted by Crippen LogP contribution is -1.88. The van der Waals surface area contributed by atoms with Crippen molar-refractivity contribution in [1.82, 2.24) is 15.0 Å². The highest BCUT2D eigenvalue weighted by Crippen LogP contribution is 2.30. The van der Waals surface area contributed by atoms with Gasteiger partial charge in [0.1, 0.15) is 10.9 Å². The van der Waals surface area contributed by atoms with Gasteiger partial charge < -0.3 is 0 Å². The molecule has 0 saturated carbocycles. The Morgan fingerprint density at radius 1 is 0.941 bits per heavy atom. The van der Waals surface area contributed by atoms with Crippen LogP contribution in [0.5, 0.6) is 0 Å². The van der Waals surface area contributed by atoms with Gasteiger partial charge in [-0.3, -0.25) is 4.98 Å². The zero-order chi connectivity index (χ0) is 11.7. The summed E-state index contributed by atoms with van der Waals surface area (Å²) in [7, 11) is 0. The summed E-state index contributed by atoms with van der Waals surface area (Å²) >= 11 is 3.45. The second-order valence-electron chi connectivity index (χ2n) is 3.60. The Labute approximate surface area is 107 Å². The molecule has 0 aliphatic heterocycles. The zero-order valence-electron chi connectivity index (χ0n) is 8.84. The number of rotatable bonds is 1. The van der Waals surface area contributed by atoms with Crippen LogP contribution in [-0.4, -0.2) is 15.0 Å². The number of hydrogen-bond acceptors (Lipinski definition) is 3. The van der Waals surface area contributed by atoms with Gasteiger partial charge in [-0.2, -0.15) is 0 Å². The van der Waals surface area contributed by atoms with E-state index in [4.69, 9.17) is 0 Å². The maximum Gasteiger partial charge on any atom is 0.117 e. The standard InChI is InChI=1S/C13H8BrN3/c14-13-11(7-15-8-17-13)9-3-1-5-12-10(9)4-2-6-16-12/h1-8H. The molecule has 3 nitrogen and oxygen atoms in total. The third-order valence-electron chi connectivity index (χ3n) is 2.60. The molecule has 0 amide bonds. The molecular weight excluding hydrogens is 278 g/mol. The van der Waals surface area contributed by atoms with Gasteiger partial charge in [0.2, 0.25) is 0 Å². The summed E-state index contributed by atoms with van der Waals surface area (Å²) in [4.78, 5) is 12.6. The summed E-state index contributed by atoms with van der Waals surface area (Å²) in [6.07, 6.45) is 5.12. The molecule has 0 saturated heterocycles.